The van der Waals surface area contributed by atoms with Crippen LogP contribution in [0.25, 0.3) is 0 Å². The SMILES string of the molecule is Cc1cc(N)ccc1CC[Si]. The van der Waals surface area contributed by atoms with E-state index in [4.69, 9.17) is 5.73 Å². The van der Waals surface area contributed by atoms with Gasteiger partial charge in [-0.3, -0.25) is 0 Å². The first kappa shape index (κ1) is 8.33. The number of nitrogen functional groups attached to an aromatic ring is 1. The lowest BCUT2D eigenvalue weighted by Crippen LogP contribution is -1.91. The zero-order valence-electron chi connectivity index (χ0n) is 6.72. The first-order valence-electron chi connectivity index (χ1n) is 3.73. The lowest BCUT2D eigenvalue weighted by atomic mass is 10.1. The highest BCUT2D eigenvalue weighted by atomic mass is 28.1. The number of nitrogens with two attached hydrogens (primary N) is 1. The van der Waals surface area contributed by atoms with E-state index in [1.807, 2.05) is 12.1 Å². The largest absolute Gasteiger partial charge is 0.399 e. The summed E-state index contributed by atoms with van der Waals surface area (Å²) in [5.74, 6) is 0. The lowest BCUT2D eigenvalue weighted by molar-refractivity contribution is 1.10. The van der Waals surface area contributed by atoms with Crippen LogP contribution in [-0.2, 0) is 6.42 Å². The fourth-order valence-electron chi connectivity index (χ4n) is 1.13. The van der Waals surface area contributed by atoms with Gasteiger partial charge in [0.15, 0.2) is 0 Å². The van der Waals surface area contributed by atoms with E-state index >= 15 is 0 Å². The molecule has 0 aromatic heterocycles. The second kappa shape index (κ2) is 3.58. The van der Waals surface area contributed by atoms with Crippen LogP contribution in [0.2, 0.25) is 6.04 Å². The summed E-state index contributed by atoms with van der Waals surface area (Å²) in [4.78, 5) is 0. The molecule has 1 rings (SSSR count). The Labute approximate surface area is 71.0 Å². The smallest absolute Gasteiger partial charge is 0.0316 e. The Kier molecular flexibility index (Phi) is 2.71. The van der Waals surface area contributed by atoms with Crippen LogP contribution in [0.5, 0.6) is 0 Å². The molecule has 0 amide bonds. The molecule has 0 aliphatic carbocycles. The summed E-state index contributed by atoms with van der Waals surface area (Å²) in [7, 11) is 3.45. The summed E-state index contributed by atoms with van der Waals surface area (Å²) in [5.41, 5.74) is 9.11. The van der Waals surface area contributed by atoms with Gasteiger partial charge in [-0.1, -0.05) is 12.1 Å². The second-order valence-electron chi connectivity index (χ2n) is 2.69. The van der Waals surface area contributed by atoms with Gasteiger partial charge in [0.2, 0.25) is 0 Å². The predicted octanol–water partition coefficient (Wildman–Crippen LogP) is 1.71. The first-order valence-corrected chi connectivity index (χ1v) is 4.44. The molecule has 2 heteroatoms. The molecule has 57 valence electrons. The molecule has 0 aliphatic heterocycles. The van der Waals surface area contributed by atoms with E-state index in [0.29, 0.717) is 0 Å². The van der Waals surface area contributed by atoms with Crippen molar-refractivity contribution in [3.8, 4) is 0 Å². The average Bonchev–Trinajstić information content (AvgIpc) is 1.95. The Hall–Kier alpha value is -0.763. The van der Waals surface area contributed by atoms with Crippen molar-refractivity contribution in [1.82, 2.24) is 0 Å². The van der Waals surface area contributed by atoms with E-state index in [9.17, 15) is 0 Å². The first-order chi connectivity index (χ1) is 5.24. The van der Waals surface area contributed by atoms with Gasteiger partial charge < -0.3 is 5.73 Å². The Morgan fingerprint density at radius 2 is 2.18 bits per heavy atom. The number of aryl methyl sites for hydroxylation is 2. The number of anilines is 1. The topological polar surface area (TPSA) is 26.0 Å². The summed E-state index contributed by atoms with van der Waals surface area (Å²) in [6.07, 6.45) is 1.07. The molecule has 3 radical (unpaired) electrons. The summed E-state index contributed by atoms with van der Waals surface area (Å²) in [5, 5.41) is 0. The highest BCUT2D eigenvalue weighted by molar-refractivity contribution is 6.08. The number of hydrogen-bond acceptors (Lipinski definition) is 1. The third-order valence-electron chi connectivity index (χ3n) is 1.76. The third kappa shape index (κ3) is 2.08. The lowest BCUT2D eigenvalue weighted by Gasteiger charge is -2.03. The van der Waals surface area contributed by atoms with Crippen LogP contribution >= 0.6 is 0 Å². The van der Waals surface area contributed by atoms with E-state index in [0.717, 1.165) is 18.2 Å². The normalized spacial score (nSPS) is 10.0. The van der Waals surface area contributed by atoms with Crippen molar-refractivity contribution in [2.24, 2.45) is 0 Å². The maximum absolute atomic E-state index is 5.61. The monoisotopic (exact) mass is 162 g/mol. The molecule has 0 fully saturated rings. The third-order valence-corrected chi connectivity index (χ3v) is 2.01. The number of hydrogen-bond donors (Lipinski definition) is 1. The van der Waals surface area contributed by atoms with E-state index in [1.54, 1.807) is 0 Å². The van der Waals surface area contributed by atoms with Crippen LogP contribution in [0, 0.1) is 6.92 Å². The standard InChI is InChI=1S/C9H12NSi/c1-7-6-9(10)3-2-8(7)4-5-11/h2-3,6H,4-5,10H2,1H3. The fourth-order valence-corrected chi connectivity index (χ4v) is 1.40. The average molecular weight is 162 g/mol. The summed E-state index contributed by atoms with van der Waals surface area (Å²) < 4.78 is 0. The van der Waals surface area contributed by atoms with Gasteiger partial charge in [-0.15, -0.1) is 0 Å². The van der Waals surface area contributed by atoms with Crippen LogP contribution in [0.3, 0.4) is 0 Å². The minimum Gasteiger partial charge on any atom is -0.399 e. The van der Waals surface area contributed by atoms with Gasteiger partial charge in [0.05, 0.1) is 0 Å². The molecule has 0 saturated heterocycles. The minimum absolute atomic E-state index is 0.847. The van der Waals surface area contributed by atoms with E-state index in [-0.39, 0.29) is 0 Å². The zero-order chi connectivity index (χ0) is 8.27. The predicted molar refractivity (Wildman–Crippen MR) is 49.9 cm³/mol. The Morgan fingerprint density at radius 3 is 2.73 bits per heavy atom. The molecule has 0 bridgehead atoms. The quantitative estimate of drug-likeness (QED) is 0.520. The molecular formula is C9H12NSi. The van der Waals surface area contributed by atoms with Gasteiger partial charge in [0.1, 0.15) is 0 Å². The summed E-state index contributed by atoms with van der Waals surface area (Å²) in [6, 6.07) is 7.05. The molecule has 11 heavy (non-hydrogen) atoms. The molecule has 0 heterocycles. The van der Waals surface area contributed by atoms with Crippen LogP contribution in [0.15, 0.2) is 18.2 Å². The number of rotatable bonds is 2. The molecule has 1 nitrogen and oxygen atoms in total. The fraction of sp³-hybridized carbons (Fsp3) is 0.333. The van der Waals surface area contributed by atoms with E-state index in [1.165, 1.54) is 11.1 Å². The van der Waals surface area contributed by atoms with Gasteiger partial charge in [-0.2, -0.15) is 0 Å². The molecule has 0 atom stereocenters. The maximum Gasteiger partial charge on any atom is 0.0316 e. The second-order valence-corrected chi connectivity index (χ2v) is 3.19. The zero-order valence-corrected chi connectivity index (χ0v) is 7.72. The van der Waals surface area contributed by atoms with E-state index < -0.39 is 0 Å². The van der Waals surface area contributed by atoms with Gasteiger partial charge in [-0.05, 0) is 36.6 Å². The Balaban J connectivity index is 2.90. The minimum atomic E-state index is 0.847. The number of benzene rings is 1. The van der Waals surface area contributed by atoms with Crippen LogP contribution in [0.4, 0.5) is 5.69 Å². The van der Waals surface area contributed by atoms with Crippen molar-refractivity contribution in [3.05, 3.63) is 29.3 Å². The Bertz CT molecular complexity index is 245. The van der Waals surface area contributed by atoms with E-state index in [2.05, 4.69) is 23.2 Å². The molecule has 0 spiro atoms. The van der Waals surface area contributed by atoms with Crippen LogP contribution in [0.1, 0.15) is 11.1 Å². The summed E-state index contributed by atoms with van der Waals surface area (Å²) >= 11 is 0. The van der Waals surface area contributed by atoms with Gasteiger partial charge in [0, 0.05) is 15.9 Å². The van der Waals surface area contributed by atoms with Crippen molar-refractivity contribution < 1.29 is 0 Å². The van der Waals surface area contributed by atoms with Gasteiger partial charge in [0.25, 0.3) is 0 Å². The van der Waals surface area contributed by atoms with Crippen LogP contribution < -0.4 is 5.73 Å². The molecule has 0 saturated carbocycles. The Morgan fingerprint density at radius 1 is 1.45 bits per heavy atom. The van der Waals surface area contributed by atoms with Crippen molar-refractivity contribution in [2.45, 2.75) is 19.4 Å². The summed E-state index contributed by atoms with van der Waals surface area (Å²) in [6.45, 7) is 2.09. The highest BCUT2D eigenvalue weighted by Gasteiger charge is 1.95. The van der Waals surface area contributed by atoms with Gasteiger partial charge in [-0.25, -0.2) is 0 Å². The molecule has 1 aromatic rings. The van der Waals surface area contributed by atoms with Crippen molar-refractivity contribution >= 4 is 15.9 Å². The van der Waals surface area contributed by atoms with Crippen molar-refractivity contribution in [3.63, 3.8) is 0 Å². The maximum atomic E-state index is 5.61. The molecule has 2 N–H and O–H groups in total. The molecule has 0 aliphatic rings. The highest BCUT2D eigenvalue weighted by Crippen LogP contribution is 2.13. The molecule has 0 unspecified atom stereocenters. The molecule has 1 aromatic carbocycles. The van der Waals surface area contributed by atoms with Crippen LogP contribution in [-0.4, -0.2) is 10.2 Å². The van der Waals surface area contributed by atoms with Crippen molar-refractivity contribution in [2.75, 3.05) is 5.73 Å². The molecular weight excluding hydrogens is 150 g/mol. The van der Waals surface area contributed by atoms with Gasteiger partial charge >= 0.3 is 0 Å². The van der Waals surface area contributed by atoms with Crippen molar-refractivity contribution in [1.29, 1.82) is 0 Å².